The first-order chi connectivity index (χ1) is 11.5. The Morgan fingerprint density at radius 1 is 1.21 bits per heavy atom. The number of benzene rings is 1. The molecule has 0 radical (unpaired) electrons. The molecule has 6 nitrogen and oxygen atoms in total. The summed E-state index contributed by atoms with van der Waals surface area (Å²) in [5.74, 6) is 2.72. The van der Waals surface area contributed by atoms with Crippen LogP contribution in [0.15, 0.2) is 39.9 Å². The number of fused-ring (bicyclic) bond motifs is 1. The molecular formula is C17H13ClN4O2. The largest absolute Gasteiger partial charge is 0.333 e. The van der Waals surface area contributed by atoms with Crippen molar-refractivity contribution in [1.82, 2.24) is 19.1 Å². The first-order valence-electron chi connectivity index (χ1n) is 7.17. The smallest absolute Gasteiger partial charge is 0.272 e. The van der Waals surface area contributed by atoms with Crippen molar-refractivity contribution in [2.75, 3.05) is 0 Å². The average Bonchev–Trinajstić information content (AvgIpc) is 2.55. The number of rotatable bonds is 3. The predicted octanol–water partition coefficient (Wildman–Crippen LogP) is 1.60. The molecule has 3 rings (SSSR count). The van der Waals surface area contributed by atoms with Crippen LogP contribution in [0, 0.1) is 19.3 Å². The molecule has 7 heteroatoms. The summed E-state index contributed by atoms with van der Waals surface area (Å²) < 4.78 is 2.17. The van der Waals surface area contributed by atoms with E-state index in [2.05, 4.69) is 15.9 Å². The van der Waals surface area contributed by atoms with Crippen LogP contribution in [0.3, 0.4) is 0 Å². The second-order valence-electron chi connectivity index (χ2n) is 5.21. The number of hydrogen-bond acceptors (Lipinski definition) is 4. The Morgan fingerprint density at radius 3 is 2.71 bits per heavy atom. The van der Waals surface area contributed by atoms with Gasteiger partial charge >= 0.3 is 5.69 Å². The van der Waals surface area contributed by atoms with Crippen LogP contribution in [0.25, 0.3) is 10.9 Å². The monoisotopic (exact) mass is 340 g/mol. The number of halogens is 1. The van der Waals surface area contributed by atoms with E-state index in [9.17, 15) is 9.59 Å². The first kappa shape index (κ1) is 16.0. The van der Waals surface area contributed by atoms with Gasteiger partial charge in [-0.15, -0.1) is 6.42 Å². The maximum Gasteiger partial charge on any atom is 0.333 e. The molecule has 0 aliphatic carbocycles. The van der Waals surface area contributed by atoms with E-state index >= 15 is 0 Å². The van der Waals surface area contributed by atoms with Gasteiger partial charge in [0.15, 0.2) is 0 Å². The molecule has 0 aliphatic heterocycles. The van der Waals surface area contributed by atoms with E-state index in [-0.39, 0.29) is 18.2 Å². The fourth-order valence-electron chi connectivity index (χ4n) is 2.48. The van der Waals surface area contributed by atoms with Gasteiger partial charge < -0.3 is 0 Å². The van der Waals surface area contributed by atoms with Crippen molar-refractivity contribution in [3.05, 3.63) is 67.8 Å². The lowest BCUT2D eigenvalue weighted by Gasteiger charge is -2.10. The van der Waals surface area contributed by atoms with Gasteiger partial charge in [0.05, 0.1) is 18.6 Å². The molecular weight excluding hydrogens is 328 g/mol. The Hall–Kier alpha value is -2.91. The zero-order valence-electron chi connectivity index (χ0n) is 12.9. The lowest BCUT2D eigenvalue weighted by molar-refractivity contribution is 0.607. The van der Waals surface area contributed by atoms with Crippen LogP contribution >= 0.6 is 11.6 Å². The highest BCUT2D eigenvalue weighted by Crippen LogP contribution is 2.14. The van der Waals surface area contributed by atoms with Gasteiger partial charge in [-0.05, 0) is 13.0 Å². The van der Waals surface area contributed by atoms with Gasteiger partial charge in [0, 0.05) is 17.1 Å². The summed E-state index contributed by atoms with van der Waals surface area (Å²) in [5.41, 5.74) is 0.431. The van der Waals surface area contributed by atoms with Gasteiger partial charge in [-0.3, -0.25) is 13.9 Å². The third-order valence-electron chi connectivity index (χ3n) is 3.62. The Balaban J connectivity index is 2.13. The van der Waals surface area contributed by atoms with E-state index < -0.39 is 11.2 Å². The second-order valence-corrected chi connectivity index (χ2v) is 5.59. The van der Waals surface area contributed by atoms with Crippen molar-refractivity contribution in [2.24, 2.45) is 0 Å². The molecule has 0 spiro atoms. The maximum atomic E-state index is 12.4. The molecule has 0 atom stereocenters. The Kier molecular flexibility index (Phi) is 4.19. The Bertz CT molecular complexity index is 1090. The number of terminal acetylenes is 1. The van der Waals surface area contributed by atoms with Crippen LogP contribution in [-0.4, -0.2) is 19.1 Å². The molecule has 0 bridgehead atoms. The summed E-state index contributed by atoms with van der Waals surface area (Å²) in [6.45, 7) is 1.79. The molecule has 0 amide bonds. The normalized spacial score (nSPS) is 10.7. The molecule has 3 aromatic rings. The van der Waals surface area contributed by atoms with Crippen molar-refractivity contribution in [2.45, 2.75) is 20.0 Å². The van der Waals surface area contributed by atoms with Crippen LogP contribution in [0.5, 0.6) is 0 Å². The number of aromatic nitrogens is 4. The minimum absolute atomic E-state index is 0.00908. The minimum atomic E-state index is -0.583. The van der Waals surface area contributed by atoms with Gasteiger partial charge in [-0.25, -0.2) is 14.8 Å². The third kappa shape index (κ3) is 2.82. The van der Waals surface area contributed by atoms with Crippen LogP contribution in [-0.2, 0) is 13.1 Å². The quantitative estimate of drug-likeness (QED) is 0.536. The SMILES string of the molecule is C#CCn1c(Cl)cc(=O)n(Cc2nc(C)c3ccccc3n2)c1=O. The number of aryl methyl sites for hydroxylation is 1. The zero-order valence-corrected chi connectivity index (χ0v) is 13.6. The van der Waals surface area contributed by atoms with Gasteiger partial charge in [0.1, 0.15) is 11.0 Å². The van der Waals surface area contributed by atoms with Gasteiger partial charge in [0.2, 0.25) is 0 Å². The van der Waals surface area contributed by atoms with Crippen molar-refractivity contribution in [3.63, 3.8) is 0 Å². The Labute approximate surface area is 142 Å². The first-order valence-corrected chi connectivity index (χ1v) is 7.55. The van der Waals surface area contributed by atoms with Crippen LogP contribution < -0.4 is 11.2 Å². The molecule has 0 saturated heterocycles. The van der Waals surface area contributed by atoms with Crippen molar-refractivity contribution >= 4 is 22.5 Å². The molecule has 0 aliphatic rings. The van der Waals surface area contributed by atoms with Crippen molar-refractivity contribution in [1.29, 1.82) is 0 Å². The van der Waals surface area contributed by atoms with E-state index in [1.807, 2.05) is 31.2 Å². The number of para-hydroxylation sites is 1. The highest BCUT2D eigenvalue weighted by molar-refractivity contribution is 6.29. The highest BCUT2D eigenvalue weighted by atomic mass is 35.5. The molecule has 24 heavy (non-hydrogen) atoms. The number of hydrogen-bond donors (Lipinski definition) is 0. The summed E-state index contributed by atoms with van der Waals surface area (Å²) in [7, 11) is 0. The van der Waals surface area contributed by atoms with E-state index in [1.165, 1.54) is 0 Å². The Morgan fingerprint density at radius 2 is 1.96 bits per heavy atom. The van der Waals surface area contributed by atoms with E-state index in [4.69, 9.17) is 18.0 Å². The second kappa shape index (κ2) is 6.30. The standard InChI is InChI=1S/C17H13ClN4O2/c1-3-8-21-14(18)9-16(23)22(17(21)24)10-15-19-11(2)12-6-4-5-7-13(12)20-15/h1,4-7,9H,8,10H2,2H3. The third-order valence-corrected chi connectivity index (χ3v) is 3.93. The fourth-order valence-corrected chi connectivity index (χ4v) is 2.70. The summed E-state index contributed by atoms with van der Waals surface area (Å²) in [6, 6.07) is 8.71. The summed E-state index contributed by atoms with van der Waals surface area (Å²) in [5, 5.41) is 0.934. The molecule has 0 N–H and O–H groups in total. The topological polar surface area (TPSA) is 69.8 Å². The average molecular weight is 341 g/mol. The van der Waals surface area contributed by atoms with Gasteiger partial charge in [0.25, 0.3) is 5.56 Å². The lowest BCUT2D eigenvalue weighted by Crippen LogP contribution is -2.40. The van der Waals surface area contributed by atoms with Crippen molar-refractivity contribution < 1.29 is 0 Å². The maximum absolute atomic E-state index is 12.4. The molecule has 1 aromatic carbocycles. The van der Waals surface area contributed by atoms with Crippen LogP contribution in [0.1, 0.15) is 11.5 Å². The molecule has 0 fully saturated rings. The number of nitrogens with zero attached hydrogens (tertiary/aromatic N) is 4. The predicted molar refractivity (Wildman–Crippen MR) is 92.2 cm³/mol. The fraction of sp³-hybridized carbons (Fsp3) is 0.176. The van der Waals surface area contributed by atoms with E-state index in [0.717, 1.165) is 31.8 Å². The molecule has 2 aromatic heterocycles. The minimum Gasteiger partial charge on any atom is -0.272 e. The zero-order chi connectivity index (χ0) is 17.3. The van der Waals surface area contributed by atoms with Gasteiger partial charge in [-0.1, -0.05) is 35.7 Å². The molecule has 0 unspecified atom stereocenters. The molecule has 2 heterocycles. The van der Waals surface area contributed by atoms with Crippen LogP contribution in [0.4, 0.5) is 0 Å². The highest BCUT2D eigenvalue weighted by Gasteiger charge is 2.12. The summed E-state index contributed by atoms with van der Waals surface area (Å²) >= 11 is 5.91. The van der Waals surface area contributed by atoms with E-state index in [0.29, 0.717) is 5.82 Å². The molecule has 0 saturated carbocycles. The summed E-state index contributed by atoms with van der Waals surface area (Å²) in [4.78, 5) is 33.4. The van der Waals surface area contributed by atoms with E-state index in [1.54, 1.807) is 0 Å². The summed E-state index contributed by atoms with van der Waals surface area (Å²) in [6.07, 6.45) is 5.24. The van der Waals surface area contributed by atoms with Gasteiger partial charge in [-0.2, -0.15) is 0 Å². The lowest BCUT2D eigenvalue weighted by atomic mass is 10.2. The van der Waals surface area contributed by atoms with Crippen LogP contribution in [0.2, 0.25) is 5.15 Å². The molecule has 120 valence electrons. The van der Waals surface area contributed by atoms with Crippen molar-refractivity contribution in [3.8, 4) is 12.3 Å².